The third kappa shape index (κ3) is 14.3. The Kier molecular flexibility index (Phi) is 19.4. The van der Waals surface area contributed by atoms with Gasteiger partial charge in [-0.1, -0.05) is 6.42 Å². The van der Waals surface area contributed by atoms with Crippen molar-refractivity contribution in [1.29, 1.82) is 0 Å². The molecule has 0 aliphatic carbocycles. The minimum atomic E-state index is -0.818. The van der Waals surface area contributed by atoms with E-state index in [1.165, 1.54) is 38.3 Å². The summed E-state index contributed by atoms with van der Waals surface area (Å²) in [6, 6.07) is 13.8. The molecule has 0 aromatic carbocycles. The summed E-state index contributed by atoms with van der Waals surface area (Å²) in [4.78, 5) is 113. The van der Waals surface area contributed by atoms with Crippen LogP contribution in [0.1, 0.15) is 43.5 Å². The maximum absolute atomic E-state index is 12.8. The van der Waals surface area contributed by atoms with Crippen LogP contribution in [0, 0.1) is 11.8 Å². The van der Waals surface area contributed by atoms with Gasteiger partial charge in [0.25, 0.3) is 11.1 Å². The quantitative estimate of drug-likeness (QED) is 0.0841. The Bertz CT molecular complexity index is 3300. The fourth-order valence-corrected chi connectivity index (χ4v) is 9.24. The number of ether oxygens (including phenoxy) is 8. The van der Waals surface area contributed by atoms with E-state index in [0.717, 1.165) is 12.8 Å². The lowest BCUT2D eigenvalue weighted by Gasteiger charge is -2.21. The number of ketones is 2. The highest BCUT2D eigenvalue weighted by molar-refractivity contribution is 5.96. The smallest absolute Gasteiger partial charge is 0.270 e. The van der Waals surface area contributed by atoms with Crippen LogP contribution in [0.3, 0.4) is 0 Å². The molecule has 10 rings (SSSR count). The number of nitrogens with two attached hydrogens (primary N) is 1. The fraction of sp³-hybridized carbons (Fsp3) is 0.453. The number of Topliss-reactive ketones (excluding diaryl/α,β-unsaturated/α-hetero) is 2. The van der Waals surface area contributed by atoms with Crippen molar-refractivity contribution >= 4 is 63.6 Å². The summed E-state index contributed by atoms with van der Waals surface area (Å²) in [5, 5.41) is 0. The predicted molar refractivity (Wildman–Crippen MR) is 281 cm³/mol. The minimum absolute atomic E-state index is 0.00438. The van der Waals surface area contributed by atoms with E-state index in [0.29, 0.717) is 114 Å². The van der Waals surface area contributed by atoms with Gasteiger partial charge in [-0.05, 0) is 67.6 Å². The van der Waals surface area contributed by atoms with Crippen LogP contribution in [0.25, 0.3) is 22.3 Å². The van der Waals surface area contributed by atoms with Crippen LogP contribution in [-0.2, 0) is 68.9 Å². The Labute approximate surface area is 452 Å². The number of carbonyl (C=O) groups is 5. The number of pyridine rings is 4. The third-order valence-electron chi connectivity index (χ3n) is 13.2. The number of carbonyl (C=O) groups excluding carboxylic acids is 5. The van der Waals surface area contributed by atoms with Gasteiger partial charge >= 0.3 is 0 Å². The summed E-state index contributed by atoms with van der Waals surface area (Å²) < 4.78 is 44.8. The molecule has 2 N–H and O–H groups in total. The van der Waals surface area contributed by atoms with E-state index in [1.807, 2.05) is 0 Å². The molecule has 0 saturated carbocycles. The van der Waals surface area contributed by atoms with E-state index in [1.54, 1.807) is 70.0 Å². The molecular weight excluding hydrogens is 1030 g/mol. The van der Waals surface area contributed by atoms with Crippen molar-refractivity contribution in [2.24, 2.45) is 17.6 Å². The van der Waals surface area contributed by atoms with Gasteiger partial charge in [0.05, 0.1) is 70.0 Å². The van der Waals surface area contributed by atoms with Gasteiger partial charge in [-0.25, -0.2) is 19.9 Å². The summed E-state index contributed by atoms with van der Waals surface area (Å²) in [6.07, 6.45) is 5.56. The molecule has 4 aliphatic rings. The second-order valence-corrected chi connectivity index (χ2v) is 18.8. The molecule has 2 saturated heterocycles. The van der Waals surface area contributed by atoms with E-state index in [-0.39, 0.29) is 105 Å². The molecule has 4 atom stereocenters. The summed E-state index contributed by atoms with van der Waals surface area (Å²) in [6.45, 7) is 2.15. The molecule has 6 aromatic heterocycles. The van der Waals surface area contributed by atoms with Crippen molar-refractivity contribution in [1.82, 2.24) is 39.0 Å². The number of fused-ring (bicyclic) bond motifs is 4. The number of aldehydes is 1. The molecule has 4 aliphatic heterocycles. The molecule has 79 heavy (non-hydrogen) atoms. The summed E-state index contributed by atoms with van der Waals surface area (Å²) in [5.74, 6) is 3.46. The molecule has 26 nitrogen and oxygen atoms in total. The maximum atomic E-state index is 12.8. The molecule has 0 radical (unpaired) electrons. The van der Waals surface area contributed by atoms with Crippen LogP contribution in [0.15, 0.2) is 70.5 Å². The number of aromatic nitrogens is 8. The molecule has 6 aromatic rings. The number of hydrogen-bond acceptors (Lipinski definition) is 22. The van der Waals surface area contributed by atoms with Crippen molar-refractivity contribution in [3.8, 4) is 23.3 Å². The van der Waals surface area contributed by atoms with E-state index in [2.05, 4.69) is 29.9 Å². The van der Waals surface area contributed by atoms with Gasteiger partial charge in [-0.15, -0.1) is 0 Å². The van der Waals surface area contributed by atoms with Gasteiger partial charge in [0.2, 0.25) is 23.6 Å². The zero-order valence-electron chi connectivity index (χ0n) is 44.1. The Hall–Kier alpha value is -8.17. The number of anilines is 2. The molecule has 2 amide bonds. The molecule has 2 unspecified atom stereocenters. The zero-order valence-corrected chi connectivity index (χ0v) is 44.1. The number of nitrogens with zero attached hydrogens (tertiary/aromatic N) is 10. The monoisotopic (exact) mass is 1090 g/mol. The molecule has 26 heteroatoms. The lowest BCUT2D eigenvalue weighted by Crippen LogP contribution is -2.30. The number of amides is 2. The van der Waals surface area contributed by atoms with Crippen molar-refractivity contribution in [2.75, 3.05) is 84.7 Å². The largest absolute Gasteiger partial charge is 0.484 e. The van der Waals surface area contributed by atoms with Crippen LogP contribution in [0.5, 0.6) is 23.3 Å². The van der Waals surface area contributed by atoms with Crippen molar-refractivity contribution in [3.05, 3.63) is 93.0 Å². The van der Waals surface area contributed by atoms with Gasteiger partial charge < -0.3 is 48.4 Å². The fourth-order valence-electron chi connectivity index (χ4n) is 9.24. The molecule has 10 heterocycles. The van der Waals surface area contributed by atoms with Crippen LogP contribution < -0.4 is 45.6 Å². The van der Waals surface area contributed by atoms with Gasteiger partial charge in [-0.2, -0.15) is 9.97 Å². The van der Waals surface area contributed by atoms with Crippen molar-refractivity contribution in [3.63, 3.8) is 0 Å². The first-order valence-electron chi connectivity index (χ1n) is 25.4. The van der Waals surface area contributed by atoms with Crippen LogP contribution in [-0.4, -0.2) is 156 Å². The number of hydrogen-bond donors (Lipinski definition) is 1. The second-order valence-electron chi connectivity index (χ2n) is 18.8. The van der Waals surface area contributed by atoms with E-state index in [4.69, 9.17) is 43.6 Å². The van der Waals surface area contributed by atoms with Gasteiger partial charge in [0, 0.05) is 52.3 Å². The molecule has 418 valence electrons. The Morgan fingerprint density at radius 1 is 0.646 bits per heavy atom. The number of rotatable bonds is 20. The molecule has 0 spiro atoms. The van der Waals surface area contributed by atoms with Gasteiger partial charge in [-0.3, -0.25) is 47.7 Å². The summed E-state index contributed by atoms with van der Waals surface area (Å²) in [5.41, 5.74) is 7.98. The third-order valence-corrected chi connectivity index (χ3v) is 13.2. The summed E-state index contributed by atoms with van der Waals surface area (Å²) in [7, 11) is 5.99. The highest BCUT2D eigenvalue weighted by Gasteiger charge is 2.33. The van der Waals surface area contributed by atoms with Gasteiger partial charge in [0.1, 0.15) is 67.1 Å². The zero-order chi connectivity index (χ0) is 56.0. The van der Waals surface area contributed by atoms with Crippen LogP contribution in [0.4, 0.5) is 11.6 Å². The standard InChI is InChI=1S/C27H31N5O7.C13H15N3O5.C13H15N3O3/c1-36-16-39-19(14-32-26(35)12-28-20-6-9-24(37-2)30-27(20)32)5-3-4-17-10-25(34)31(13-17)23-8-7-22-21(29-23)11-18(33)15-38-22;1-19-8-21-9(7-17)6-16-12(18)5-14-10-3-4-11(20-2)15-13(10)16;14-5-8-3-13(18)16(6-8)12-2-1-11-10(15-12)4-9(17)7-19-11/h6-9,12,17,19H,3-5,10-11,13-16H2,1-2H3;3-5,7,9H,6,8H2,1-2H3;1-2,8H,3-7,14H2/t17-,19?;;8-/m0.1/s1. The Morgan fingerprint density at radius 3 is 1.65 bits per heavy atom. The minimum Gasteiger partial charge on any atom is -0.484 e. The van der Waals surface area contributed by atoms with E-state index in [9.17, 15) is 33.6 Å². The topological polar surface area (TPSA) is 313 Å². The molecule has 2 fully saturated rings. The highest BCUT2D eigenvalue weighted by atomic mass is 16.7. The maximum Gasteiger partial charge on any atom is 0.270 e. The van der Waals surface area contributed by atoms with Crippen molar-refractivity contribution < 1.29 is 61.9 Å². The lowest BCUT2D eigenvalue weighted by atomic mass is 9.99. The van der Waals surface area contributed by atoms with Crippen molar-refractivity contribution in [2.45, 2.75) is 70.2 Å². The van der Waals surface area contributed by atoms with Crippen LogP contribution >= 0.6 is 0 Å². The first kappa shape index (κ1) is 57.0. The normalized spacial score (nSPS) is 17.4. The average molecular weight is 1090 g/mol. The average Bonchev–Trinajstić information content (AvgIpc) is 4.12. The SMILES string of the molecule is COCOC(C=O)Cn1c(=O)cnc2ccc(OC)nc21.COCOC(CCC[C@H]1CC(=O)N(c2ccc3c(n2)CC(=O)CO3)C1)Cn1c(=O)cnc2ccc(OC)nc21.NC[C@H]1CC(=O)N(c2ccc3c(n2)CC(=O)CO3)C1. The first-order chi connectivity index (χ1) is 38.3. The lowest BCUT2D eigenvalue weighted by molar-refractivity contribution is -0.128. The molecule has 0 bridgehead atoms. The first-order valence-corrected chi connectivity index (χ1v) is 25.4. The second kappa shape index (κ2) is 26.9. The van der Waals surface area contributed by atoms with Gasteiger partial charge in [0.15, 0.2) is 29.1 Å². The van der Waals surface area contributed by atoms with E-state index >= 15 is 0 Å². The Morgan fingerprint density at radius 2 is 1.15 bits per heavy atom. The molecular formula is C53H61N11O15. The Balaban J connectivity index is 0.000000172. The van der Waals surface area contributed by atoms with E-state index < -0.39 is 6.10 Å². The number of methoxy groups -OCH3 is 4. The predicted octanol–water partition coefficient (Wildman–Crippen LogP) is 1.80. The highest BCUT2D eigenvalue weighted by Crippen LogP contribution is 2.32. The summed E-state index contributed by atoms with van der Waals surface area (Å²) >= 11 is 0. The van der Waals surface area contributed by atoms with Crippen LogP contribution in [0.2, 0.25) is 0 Å².